The molecule has 1 aliphatic rings. The number of thiazole rings is 1. The van der Waals surface area contributed by atoms with Crippen LogP contribution in [-0.4, -0.2) is 40.5 Å². The number of rotatable bonds is 2. The van der Waals surface area contributed by atoms with Gasteiger partial charge in [0.05, 0.1) is 11.9 Å². The van der Waals surface area contributed by atoms with Crippen LogP contribution in [0.1, 0.15) is 5.69 Å². The zero-order valence-corrected chi connectivity index (χ0v) is 9.33. The van der Waals surface area contributed by atoms with Crippen LogP contribution < -0.4 is 5.32 Å². The Hall–Kier alpha value is -0.910. The van der Waals surface area contributed by atoms with E-state index < -0.39 is 0 Å². The van der Waals surface area contributed by atoms with Gasteiger partial charge in [0, 0.05) is 44.3 Å². The van der Waals surface area contributed by atoms with Crippen LogP contribution in [0, 0.1) is 0 Å². The van der Waals surface area contributed by atoms with Gasteiger partial charge in [0.15, 0.2) is 4.96 Å². The zero-order valence-electron chi connectivity index (χ0n) is 8.52. The Morgan fingerprint density at radius 1 is 1.40 bits per heavy atom. The Kier molecular flexibility index (Phi) is 2.44. The van der Waals surface area contributed by atoms with E-state index in [0.29, 0.717) is 0 Å². The van der Waals surface area contributed by atoms with Crippen molar-refractivity contribution in [3.8, 4) is 0 Å². The van der Waals surface area contributed by atoms with E-state index in [2.05, 4.69) is 31.2 Å². The van der Waals surface area contributed by atoms with Crippen molar-refractivity contribution in [2.75, 3.05) is 26.2 Å². The van der Waals surface area contributed by atoms with Crippen molar-refractivity contribution in [2.24, 2.45) is 0 Å². The van der Waals surface area contributed by atoms with Crippen LogP contribution in [0.2, 0.25) is 0 Å². The molecule has 5 heteroatoms. The van der Waals surface area contributed by atoms with Crippen molar-refractivity contribution in [1.82, 2.24) is 19.6 Å². The van der Waals surface area contributed by atoms with Crippen LogP contribution in [0.15, 0.2) is 17.8 Å². The number of hydrogen-bond donors (Lipinski definition) is 1. The third kappa shape index (κ3) is 1.78. The van der Waals surface area contributed by atoms with Gasteiger partial charge in [-0.25, -0.2) is 4.98 Å². The van der Waals surface area contributed by atoms with Crippen LogP contribution in [0.3, 0.4) is 0 Å². The minimum absolute atomic E-state index is 1.01. The van der Waals surface area contributed by atoms with Crippen LogP contribution in [0.4, 0.5) is 0 Å². The van der Waals surface area contributed by atoms with E-state index in [-0.39, 0.29) is 0 Å². The van der Waals surface area contributed by atoms with Crippen LogP contribution >= 0.6 is 11.3 Å². The summed E-state index contributed by atoms with van der Waals surface area (Å²) in [6, 6.07) is 0. The number of hydrogen-bond acceptors (Lipinski definition) is 4. The summed E-state index contributed by atoms with van der Waals surface area (Å²) in [5.41, 5.74) is 1.30. The standard InChI is InChI=1S/C10H14N4S/c1-3-13(4-2-11-1)8-9-7-12-10-14(9)5-6-15-10/h5-7,11H,1-4,8H2. The minimum Gasteiger partial charge on any atom is -0.314 e. The molecule has 0 unspecified atom stereocenters. The highest BCUT2D eigenvalue weighted by molar-refractivity contribution is 7.15. The second-order valence-corrected chi connectivity index (χ2v) is 4.70. The van der Waals surface area contributed by atoms with Gasteiger partial charge in [0.2, 0.25) is 0 Å². The molecule has 0 aliphatic carbocycles. The Morgan fingerprint density at radius 2 is 2.27 bits per heavy atom. The van der Waals surface area contributed by atoms with E-state index in [4.69, 9.17) is 0 Å². The van der Waals surface area contributed by atoms with E-state index >= 15 is 0 Å². The first-order valence-electron chi connectivity index (χ1n) is 5.26. The molecule has 3 rings (SSSR count). The molecule has 0 amide bonds. The van der Waals surface area contributed by atoms with Crippen molar-refractivity contribution in [1.29, 1.82) is 0 Å². The van der Waals surface area contributed by atoms with Gasteiger partial charge in [0.1, 0.15) is 0 Å². The number of imidazole rings is 1. The third-order valence-corrected chi connectivity index (χ3v) is 3.59. The van der Waals surface area contributed by atoms with Gasteiger partial charge in [-0.3, -0.25) is 9.30 Å². The summed E-state index contributed by atoms with van der Waals surface area (Å²) in [6.07, 6.45) is 4.10. The molecule has 0 radical (unpaired) electrons. The maximum absolute atomic E-state index is 4.38. The molecule has 2 aromatic heterocycles. The quantitative estimate of drug-likeness (QED) is 0.816. The topological polar surface area (TPSA) is 32.6 Å². The number of piperazine rings is 1. The summed E-state index contributed by atoms with van der Waals surface area (Å²) >= 11 is 1.69. The van der Waals surface area contributed by atoms with E-state index in [9.17, 15) is 0 Å². The molecule has 0 saturated carbocycles. The van der Waals surface area contributed by atoms with Crippen LogP contribution in [0.25, 0.3) is 4.96 Å². The molecule has 2 aromatic rings. The fourth-order valence-corrected chi connectivity index (χ4v) is 2.70. The molecule has 0 bridgehead atoms. The summed E-state index contributed by atoms with van der Waals surface area (Å²) in [6.45, 7) is 5.49. The molecule has 3 heterocycles. The molecular weight excluding hydrogens is 208 g/mol. The first-order valence-corrected chi connectivity index (χ1v) is 6.14. The molecular formula is C10H14N4S. The maximum atomic E-state index is 4.38. The predicted octanol–water partition coefficient (Wildman–Crippen LogP) is 0.801. The molecule has 0 aromatic carbocycles. The summed E-state index contributed by atoms with van der Waals surface area (Å²) in [4.78, 5) is 7.95. The summed E-state index contributed by atoms with van der Waals surface area (Å²) in [7, 11) is 0. The monoisotopic (exact) mass is 222 g/mol. The van der Waals surface area contributed by atoms with Gasteiger partial charge in [-0.1, -0.05) is 0 Å². The molecule has 4 nitrogen and oxygen atoms in total. The molecule has 1 fully saturated rings. The van der Waals surface area contributed by atoms with Gasteiger partial charge in [-0.15, -0.1) is 11.3 Å². The Labute approximate surface area is 92.5 Å². The van der Waals surface area contributed by atoms with Gasteiger partial charge in [-0.05, 0) is 0 Å². The minimum atomic E-state index is 1.01. The lowest BCUT2D eigenvalue weighted by Gasteiger charge is -2.26. The highest BCUT2D eigenvalue weighted by atomic mass is 32.1. The molecule has 1 saturated heterocycles. The Morgan fingerprint density at radius 3 is 3.13 bits per heavy atom. The third-order valence-electron chi connectivity index (χ3n) is 2.82. The SMILES string of the molecule is c1cn2c(CN3CCNCC3)cnc2s1. The van der Waals surface area contributed by atoms with E-state index in [1.165, 1.54) is 5.69 Å². The fourth-order valence-electron chi connectivity index (χ4n) is 1.99. The lowest BCUT2D eigenvalue weighted by Crippen LogP contribution is -2.43. The molecule has 0 atom stereocenters. The normalized spacial score (nSPS) is 18.7. The van der Waals surface area contributed by atoms with Crippen LogP contribution in [-0.2, 0) is 6.54 Å². The van der Waals surface area contributed by atoms with Crippen LogP contribution in [0.5, 0.6) is 0 Å². The highest BCUT2D eigenvalue weighted by Crippen LogP contribution is 2.14. The first-order chi connectivity index (χ1) is 7.43. The van der Waals surface area contributed by atoms with Gasteiger partial charge in [-0.2, -0.15) is 0 Å². The lowest BCUT2D eigenvalue weighted by atomic mass is 10.3. The fraction of sp³-hybridized carbons (Fsp3) is 0.500. The second kappa shape index (κ2) is 3.92. The van der Waals surface area contributed by atoms with Gasteiger partial charge in [0.25, 0.3) is 0 Å². The first kappa shape index (κ1) is 9.33. The van der Waals surface area contributed by atoms with Crippen molar-refractivity contribution in [2.45, 2.75) is 6.54 Å². The van der Waals surface area contributed by atoms with Crippen molar-refractivity contribution in [3.63, 3.8) is 0 Å². The molecule has 15 heavy (non-hydrogen) atoms. The smallest absolute Gasteiger partial charge is 0.193 e. The predicted molar refractivity (Wildman–Crippen MR) is 61.2 cm³/mol. The molecule has 1 aliphatic heterocycles. The average Bonchev–Trinajstić information content (AvgIpc) is 2.85. The Balaban J connectivity index is 1.79. The molecule has 0 spiro atoms. The van der Waals surface area contributed by atoms with Gasteiger partial charge >= 0.3 is 0 Å². The van der Waals surface area contributed by atoms with Gasteiger partial charge < -0.3 is 5.32 Å². The van der Waals surface area contributed by atoms with E-state index in [0.717, 1.165) is 37.7 Å². The summed E-state index contributed by atoms with van der Waals surface area (Å²) < 4.78 is 2.19. The number of fused-ring (bicyclic) bond motifs is 1. The van der Waals surface area contributed by atoms with Crippen molar-refractivity contribution < 1.29 is 0 Å². The van der Waals surface area contributed by atoms with E-state index in [1.807, 2.05) is 6.20 Å². The number of aromatic nitrogens is 2. The maximum Gasteiger partial charge on any atom is 0.193 e. The summed E-state index contributed by atoms with van der Waals surface area (Å²) in [5.74, 6) is 0. The lowest BCUT2D eigenvalue weighted by molar-refractivity contribution is 0.230. The highest BCUT2D eigenvalue weighted by Gasteiger charge is 2.12. The largest absolute Gasteiger partial charge is 0.314 e. The van der Waals surface area contributed by atoms with Crippen molar-refractivity contribution >= 4 is 16.3 Å². The van der Waals surface area contributed by atoms with E-state index in [1.54, 1.807) is 11.3 Å². The Bertz CT molecular complexity index is 441. The number of nitrogens with zero attached hydrogens (tertiary/aromatic N) is 3. The second-order valence-electron chi connectivity index (χ2n) is 3.83. The average molecular weight is 222 g/mol. The number of nitrogens with one attached hydrogen (secondary N) is 1. The van der Waals surface area contributed by atoms with Crippen molar-refractivity contribution in [3.05, 3.63) is 23.5 Å². The zero-order chi connectivity index (χ0) is 10.1. The summed E-state index contributed by atoms with van der Waals surface area (Å²) in [5, 5.41) is 5.45. The molecule has 80 valence electrons. The molecule has 1 N–H and O–H groups in total.